The Bertz CT molecular complexity index is 4180. The summed E-state index contributed by atoms with van der Waals surface area (Å²) >= 11 is 0. The van der Waals surface area contributed by atoms with E-state index in [0.29, 0.717) is 0 Å². The number of nitrogens with zero attached hydrogens (tertiary/aromatic N) is 2. The quantitative estimate of drug-likeness (QED) is 0.155. The number of rotatable bonds is 7. The lowest BCUT2D eigenvalue weighted by Gasteiger charge is -2.39. The smallest absolute Gasteiger partial charge is 0.0694 e. The second-order valence-corrected chi connectivity index (χ2v) is 20.2. The van der Waals surface area contributed by atoms with Gasteiger partial charge in [0, 0.05) is 33.5 Å². The minimum atomic E-state index is -0.491. The first kappa shape index (κ1) is 43.1. The molecule has 3 aliphatic carbocycles. The Morgan fingerprint density at radius 2 is 0.827 bits per heavy atom. The summed E-state index contributed by atoms with van der Waals surface area (Å²) in [6.07, 6.45) is 6.82. The van der Waals surface area contributed by atoms with E-state index < -0.39 is 5.41 Å². The van der Waals surface area contributed by atoms with Crippen molar-refractivity contribution in [1.29, 1.82) is 0 Å². The van der Waals surface area contributed by atoms with Crippen LogP contribution >= 0.6 is 0 Å². The zero-order valence-electron chi connectivity index (χ0n) is 41.4. The van der Waals surface area contributed by atoms with Crippen molar-refractivity contribution in [3.63, 3.8) is 0 Å². The van der Waals surface area contributed by atoms with Crippen molar-refractivity contribution in [3.8, 4) is 61.3 Å². The van der Waals surface area contributed by atoms with Crippen LogP contribution in [0.2, 0.25) is 0 Å². The van der Waals surface area contributed by atoms with Gasteiger partial charge in [-0.25, -0.2) is 0 Å². The second-order valence-electron chi connectivity index (χ2n) is 20.2. The monoisotopic (exact) mass is 954 g/mol. The van der Waals surface area contributed by atoms with Crippen molar-refractivity contribution in [2.24, 2.45) is 0 Å². The summed E-state index contributed by atoms with van der Waals surface area (Å²) in [7, 11) is 0. The number of aromatic nitrogens is 1. The van der Waals surface area contributed by atoms with Crippen molar-refractivity contribution in [2.75, 3.05) is 4.90 Å². The molecule has 0 N–H and O–H groups in total. The van der Waals surface area contributed by atoms with E-state index in [4.69, 9.17) is 0 Å². The Balaban J connectivity index is 0.861. The Labute approximate surface area is 438 Å². The molecule has 0 amide bonds. The van der Waals surface area contributed by atoms with Crippen LogP contribution in [0.25, 0.3) is 88.7 Å². The average molecular weight is 955 g/mol. The van der Waals surface area contributed by atoms with E-state index >= 15 is 0 Å². The Hall–Kier alpha value is -9.50. The molecule has 0 unspecified atom stereocenters. The number of fused-ring (bicyclic) bond motifs is 14. The van der Waals surface area contributed by atoms with Gasteiger partial charge in [0.1, 0.15) is 0 Å². The van der Waals surface area contributed by atoms with Crippen molar-refractivity contribution in [3.05, 3.63) is 307 Å². The summed E-state index contributed by atoms with van der Waals surface area (Å²) in [4.78, 5) is 2.40. The van der Waals surface area contributed by atoms with E-state index in [-0.39, 0.29) is 0 Å². The van der Waals surface area contributed by atoms with Crippen molar-refractivity contribution in [2.45, 2.75) is 18.3 Å². The predicted molar refractivity (Wildman–Crippen MR) is 314 cm³/mol. The minimum Gasteiger partial charge on any atom is -0.311 e. The molecular weight excluding hydrogens is 905 g/mol. The summed E-state index contributed by atoms with van der Waals surface area (Å²) < 4.78 is 2.38. The highest BCUT2D eigenvalue weighted by atomic mass is 15.1. The van der Waals surface area contributed by atoms with Gasteiger partial charge in [-0.05, 0) is 169 Å². The molecule has 0 saturated heterocycles. The van der Waals surface area contributed by atoms with Gasteiger partial charge < -0.3 is 9.47 Å². The van der Waals surface area contributed by atoms with Crippen LogP contribution in [0.3, 0.4) is 0 Å². The van der Waals surface area contributed by atoms with E-state index in [1.54, 1.807) is 0 Å². The topological polar surface area (TPSA) is 8.17 Å². The van der Waals surface area contributed by atoms with Crippen LogP contribution in [0.1, 0.15) is 35.1 Å². The van der Waals surface area contributed by atoms with Gasteiger partial charge in [-0.2, -0.15) is 0 Å². The molecule has 2 heteroatoms. The molecule has 15 rings (SSSR count). The maximum Gasteiger partial charge on any atom is 0.0694 e. The van der Waals surface area contributed by atoms with Crippen molar-refractivity contribution in [1.82, 2.24) is 4.57 Å². The van der Waals surface area contributed by atoms with Crippen LogP contribution < -0.4 is 4.90 Å². The highest BCUT2D eigenvalue weighted by molar-refractivity contribution is 6.10. The van der Waals surface area contributed by atoms with Crippen LogP contribution in [-0.2, 0) is 5.41 Å². The SMILES string of the molecule is C1=CC2=C(CC1)C1(c3ccccc3-c3ccccc3-c3ccccc31)c1c2cccc1-c1ccc(N(c2ccc(-c3ccccc3)cc2)c2ccc(-c3ccc4c(c3)c3ccccc3n4-c3ccccc3)cc2)cc1. The standard InChI is InChI=1S/C73H50N2/c1-3-18-49(19-4-1)50-34-41-55(42-35-50)74(56-43-36-51(37-44-56)53-40-47-71-66(48-53)64-27-12-16-33-70(64)75(71)54-20-5-2-6-21-54)57-45-38-52(39-46-57)58-28-17-29-65-63-26-11-15-32-69(63)73(72(58)65)67-30-13-9-24-61(67)59-22-7-8-23-60(59)62-25-10-14-31-68(62)73/h1-14,16-31,33-48H,15,32H2. The number of anilines is 3. The Morgan fingerprint density at radius 3 is 1.48 bits per heavy atom. The van der Waals surface area contributed by atoms with Gasteiger partial charge in [-0.3, -0.25) is 0 Å². The highest BCUT2D eigenvalue weighted by Gasteiger charge is 2.51. The lowest BCUT2D eigenvalue weighted by molar-refractivity contribution is 0.703. The van der Waals surface area contributed by atoms with Crippen LogP contribution in [0.4, 0.5) is 17.1 Å². The van der Waals surface area contributed by atoms with Crippen LogP contribution in [0.15, 0.2) is 285 Å². The normalized spacial score (nSPS) is 13.8. The summed E-state index contributed by atoms with van der Waals surface area (Å²) in [6, 6.07) is 99.0. The molecule has 0 radical (unpaired) electrons. The molecular formula is C73H50N2. The fourth-order valence-electron chi connectivity index (χ4n) is 13.1. The summed E-state index contributed by atoms with van der Waals surface area (Å²) in [6.45, 7) is 0. The molecule has 0 aliphatic heterocycles. The molecule has 0 atom stereocenters. The maximum absolute atomic E-state index is 2.42. The molecule has 1 aromatic heterocycles. The van der Waals surface area contributed by atoms with Gasteiger partial charge in [0.15, 0.2) is 0 Å². The first-order chi connectivity index (χ1) is 37.2. The number of hydrogen-bond donors (Lipinski definition) is 0. The third-order valence-corrected chi connectivity index (χ3v) is 16.3. The molecule has 352 valence electrons. The highest BCUT2D eigenvalue weighted by Crippen LogP contribution is 2.64. The molecule has 0 bridgehead atoms. The van der Waals surface area contributed by atoms with Crippen LogP contribution in [-0.4, -0.2) is 4.57 Å². The third kappa shape index (κ3) is 6.66. The lowest BCUT2D eigenvalue weighted by atomic mass is 9.62. The number of para-hydroxylation sites is 2. The maximum atomic E-state index is 2.42. The molecule has 0 fully saturated rings. The zero-order valence-corrected chi connectivity index (χ0v) is 41.4. The van der Waals surface area contributed by atoms with E-state index in [9.17, 15) is 0 Å². The zero-order chi connectivity index (χ0) is 49.5. The van der Waals surface area contributed by atoms with E-state index in [0.717, 1.165) is 35.6 Å². The Morgan fingerprint density at radius 1 is 0.347 bits per heavy atom. The predicted octanol–water partition coefficient (Wildman–Crippen LogP) is 19.4. The molecule has 0 saturated carbocycles. The average Bonchev–Trinajstić information content (AvgIpc) is 4.16. The Kier molecular flexibility index (Phi) is 9.96. The van der Waals surface area contributed by atoms with E-state index in [2.05, 4.69) is 289 Å². The van der Waals surface area contributed by atoms with E-state index in [1.165, 1.54) is 111 Å². The molecule has 1 spiro atoms. The minimum absolute atomic E-state index is 0.491. The molecule has 1 heterocycles. The third-order valence-electron chi connectivity index (χ3n) is 16.3. The number of hydrogen-bond acceptors (Lipinski definition) is 1. The largest absolute Gasteiger partial charge is 0.311 e. The fraction of sp³-hybridized carbons (Fsp3) is 0.0411. The summed E-state index contributed by atoms with van der Waals surface area (Å²) in [5, 5.41) is 2.50. The lowest BCUT2D eigenvalue weighted by Crippen LogP contribution is -2.31. The van der Waals surface area contributed by atoms with Crippen molar-refractivity contribution >= 4 is 44.4 Å². The summed E-state index contributed by atoms with van der Waals surface area (Å²) in [5.74, 6) is 0. The van der Waals surface area contributed by atoms with Gasteiger partial charge >= 0.3 is 0 Å². The summed E-state index contributed by atoms with van der Waals surface area (Å²) in [5.41, 5.74) is 27.1. The van der Waals surface area contributed by atoms with Gasteiger partial charge in [-0.1, -0.05) is 212 Å². The van der Waals surface area contributed by atoms with Gasteiger partial charge in [0.25, 0.3) is 0 Å². The van der Waals surface area contributed by atoms with Gasteiger partial charge in [-0.15, -0.1) is 0 Å². The van der Waals surface area contributed by atoms with Gasteiger partial charge in [0.2, 0.25) is 0 Å². The molecule has 12 aromatic rings. The number of benzene rings is 11. The fourth-order valence-corrected chi connectivity index (χ4v) is 13.1. The second kappa shape index (κ2) is 17.3. The molecule has 3 aliphatic rings. The number of allylic oxidation sites excluding steroid dienone is 4. The van der Waals surface area contributed by atoms with Crippen LogP contribution in [0, 0.1) is 0 Å². The first-order valence-electron chi connectivity index (χ1n) is 26.3. The first-order valence-corrected chi connectivity index (χ1v) is 26.3. The van der Waals surface area contributed by atoms with Gasteiger partial charge in [0.05, 0.1) is 16.4 Å². The van der Waals surface area contributed by atoms with Crippen LogP contribution in [0.5, 0.6) is 0 Å². The molecule has 11 aromatic carbocycles. The van der Waals surface area contributed by atoms with E-state index in [1.807, 2.05) is 0 Å². The molecule has 2 nitrogen and oxygen atoms in total. The van der Waals surface area contributed by atoms with Crippen molar-refractivity contribution < 1.29 is 0 Å². The molecule has 75 heavy (non-hydrogen) atoms.